The van der Waals surface area contributed by atoms with Gasteiger partial charge in [-0.2, -0.15) is 0 Å². The van der Waals surface area contributed by atoms with E-state index in [1.165, 1.54) is 154 Å². The Bertz CT molecular complexity index is 651. The minimum absolute atomic E-state index is 0.0135. The van der Waals surface area contributed by atoms with E-state index in [-0.39, 0.29) is 19.2 Å². The number of hydrogen-bond acceptors (Lipinski definition) is 6. The van der Waals surface area contributed by atoms with Gasteiger partial charge in [-0.05, 0) is 19.3 Å². The fourth-order valence-corrected chi connectivity index (χ4v) is 7.12. The minimum atomic E-state index is -3.87. The highest BCUT2D eigenvalue weighted by atomic mass is 31.2. The lowest BCUT2D eigenvalue weighted by atomic mass is 10.0. The second kappa shape index (κ2) is 37.3. The molecule has 0 aromatic carbocycles. The standard InChI is InChI=1S/C39H81O7P/c1-3-5-7-9-11-13-15-17-19-21-23-25-27-29-32-44-36-39(37-46-47(42,43)34-31-38(41)35-40)45-33-30-28-26-24-22-20-18-16-14-12-10-8-6-4-2/h38-41H,3-37H2,1-2H3,(H,42,43). The van der Waals surface area contributed by atoms with E-state index < -0.39 is 26.4 Å². The molecule has 0 spiro atoms. The molecule has 0 radical (unpaired) electrons. The lowest BCUT2D eigenvalue weighted by molar-refractivity contribution is -0.0404. The maximum Gasteiger partial charge on any atom is 0.328 e. The van der Waals surface area contributed by atoms with Gasteiger partial charge in [-0.25, -0.2) is 0 Å². The quantitative estimate of drug-likeness (QED) is 0.0433. The molecule has 0 aromatic rings. The highest BCUT2D eigenvalue weighted by Crippen LogP contribution is 2.43. The zero-order valence-electron chi connectivity index (χ0n) is 31.3. The molecule has 0 saturated heterocycles. The van der Waals surface area contributed by atoms with Crippen LogP contribution in [-0.4, -0.2) is 66.5 Å². The van der Waals surface area contributed by atoms with E-state index in [0.717, 1.165) is 25.7 Å². The summed E-state index contributed by atoms with van der Waals surface area (Å²) in [6, 6.07) is 0. The molecule has 0 aliphatic carbocycles. The summed E-state index contributed by atoms with van der Waals surface area (Å²) in [5.74, 6) is 0. The van der Waals surface area contributed by atoms with Crippen molar-refractivity contribution in [2.45, 2.75) is 212 Å². The third kappa shape index (κ3) is 37.1. The van der Waals surface area contributed by atoms with Crippen LogP contribution in [0.25, 0.3) is 0 Å². The van der Waals surface area contributed by atoms with E-state index in [4.69, 9.17) is 19.1 Å². The number of rotatable bonds is 40. The Kier molecular flexibility index (Phi) is 37.2. The Morgan fingerprint density at radius 1 is 0.532 bits per heavy atom. The highest BCUT2D eigenvalue weighted by molar-refractivity contribution is 7.52. The zero-order chi connectivity index (χ0) is 34.5. The van der Waals surface area contributed by atoms with E-state index >= 15 is 0 Å². The van der Waals surface area contributed by atoms with E-state index in [2.05, 4.69) is 13.8 Å². The molecule has 0 saturated carbocycles. The first-order valence-corrected chi connectivity index (χ1v) is 22.2. The fourth-order valence-electron chi connectivity index (χ4n) is 5.97. The van der Waals surface area contributed by atoms with Crippen LogP contribution in [0, 0.1) is 0 Å². The lowest BCUT2D eigenvalue weighted by Gasteiger charge is -2.21. The Labute approximate surface area is 292 Å². The maximum absolute atomic E-state index is 12.4. The van der Waals surface area contributed by atoms with Crippen LogP contribution < -0.4 is 0 Å². The predicted molar refractivity (Wildman–Crippen MR) is 200 cm³/mol. The molecule has 0 heterocycles. The van der Waals surface area contributed by atoms with Crippen molar-refractivity contribution in [3.8, 4) is 0 Å². The van der Waals surface area contributed by atoms with E-state index in [0.29, 0.717) is 19.8 Å². The van der Waals surface area contributed by atoms with Crippen LogP contribution in [0.2, 0.25) is 0 Å². The number of unbranched alkanes of at least 4 members (excludes halogenated alkanes) is 26. The van der Waals surface area contributed by atoms with Gasteiger partial charge in [0.15, 0.2) is 0 Å². The summed E-state index contributed by atoms with van der Waals surface area (Å²) in [7, 11) is -3.87. The average Bonchev–Trinajstić information content (AvgIpc) is 3.07. The average molecular weight is 693 g/mol. The molecule has 3 unspecified atom stereocenters. The monoisotopic (exact) mass is 693 g/mol. The van der Waals surface area contributed by atoms with Crippen molar-refractivity contribution in [3.63, 3.8) is 0 Å². The largest absolute Gasteiger partial charge is 0.394 e. The summed E-state index contributed by atoms with van der Waals surface area (Å²) < 4.78 is 29.7. The molecule has 0 amide bonds. The fraction of sp³-hybridized carbons (Fsp3) is 1.00. The SMILES string of the molecule is CCCCCCCCCCCCCCCCOCC(COP(=O)(O)CCC(O)CO)OCCCCCCCCCCCCCCCC. The van der Waals surface area contributed by atoms with Gasteiger partial charge in [0.05, 0.1) is 32.1 Å². The molecule has 284 valence electrons. The van der Waals surface area contributed by atoms with Crippen molar-refractivity contribution < 1.29 is 33.7 Å². The molecule has 7 nitrogen and oxygen atoms in total. The van der Waals surface area contributed by atoms with Crippen LogP contribution in [0.3, 0.4) is 0 Å². The molecule has 8 heteroatoms. The van der Waals surface area contributed by atoms with Gasteiger partial charge in [0.2, 0.25) is 0 Å². The summed E-state index contributed by atoms with van der Waals surface area (Å²) in [6.45, 7) is 5.69. The molecule has 0 aliphatic heterocycles. The molecular weight excluding hydrogens is 611 g/mol. The van der Waals surface area contributed by atoms with Crippen molar-refractivity contribution >= 4 is 7.60 Å². The molecule has 0 aromatic heterocycles. The Balaban J connectivity index is 4.03. The van der Waals surface area contributed by atoms with Gasteiger partial charge in [-0.15, -0.1) is 0 Å². The van der Waals surface area contributed by atoms with Gasteiger partial charge in [0.1, 0.15) is 6.10 Å². The highest BCUT2D eigenvalue weighted by Gasteiger charge is 2.23. The number of hydrogen-bond donors (Lipinski definition) is 3. The van der Waals surface area contributed by atoms with Crippen LogP contribution in [0.5, 0.6) is 0 Å². The van der Waals surface area contributed by atoms with Gasteiger partial charge < -0.3 is 29.1 Å². The predicted octanol–water partition coefficient (Wildman–Crippen LogP) is 11.3. The van der Waals surface area contributed by atoms with Crippen molar-refractivity contribution in [2.75, 3.05) is 39.2 Å². The van der Waals surface area contributed by atoms with Crippen LogP contribution >= 0.6 is 7.60 Å². The Morgan fingerprint density at radius 2 is 0.894 bits per heavy atom. The second-order valence-corrected chi connectivity index (χ2v) is 16.0. The number of aliphatic hydroxyl groups excluding tert-OH is 2. The van der Waals surface area contributed by atoms with Crippen molar-refractivity contribution in [2.24, 2.45) is 0 Å². The van der Waals surface area contributed by atoms with Gasteiger partial charge in [-0.1, -0.05) is 181 Å². The van der Waals surface area contributed by atoms with Crippen molar-refractivity contribution in [1.29, 1.82) is 0 Å². The summed E-state index contributed by atoms with van der Waals surface area (Å²) in [6.07, 6.45) is 35.2. The molecule has 0 aliphatic rings. The van der Waals surface area contributed by atoms with Crippen LogP contribution in [0.4, 0.5) is 0 Å². The topological polar surface area (TPSA) is 105 Å². The molecule has 47 heavy (non-hydrogen) atoms. The normalized spacial score (nSPS) is 14.4. The van der Waals surface area contributed by atoms with E-state index in [1.807, 2.05) is 0 Å². The molecular formula is C39H81O7P. The zero-order valence-corrected chi connectivity index (χ0v) is 32.2. The molecule has 0 rings (SSSR count). The molecule has 0 bridgehead atoms. The number of aliphatic hydroxyl groups is 2. The number of ether oxygens (including phenoxy) is 2. The molecule has 0 fully saturated rings. The Hall–Kier alpha value is -0.0100. The van der Waals surface area contributed by atoms with Gasteiger partial charge in [-0.3, -0.25) is 4.57 Å². The van der Waals surface area contributed by atoms with Crippen LogP contribution in [0.1, 0.15) is 200 Å². The van der Waals surface area contributed by atoms with E-state index in [1.54, 1.807) is 0 Å². The third-order valence-corrected chi connectivity index (χ3v) is 10.6. The van der Waals surface area contributed by atoms with E-state index in [9.17, 15) is 14.6 Å². The molecule has 3 atom stereocenters. The second-order valence-electron chi connectivity index (χ2n) is 14.0. The van der Waals surface area contributed by atoms with Crippen LogP contribution in [-0.2, 0) is 18.6 Å². The summed E-state index contributed by atoms with van der Waals surface area (Å²) in [5.41, 5.74) is 0. The lowest BCUT2D eigenvalue weighted by Crippen LogP contribution is -2.26. The van der Waals surface area contributed by atoms with Crippen molar-refractivity contribution in [1.82, 2.24) is 0 Å². The van der Waals surface area contributed by atoms with Crippen molar-refractivity contribution in [3.05, 3.63) is 0 Å². The smallest absolute Gasteiger partial charge is 0.328 e. The summed E-state index contributed by atoms with van der Waals surface area (Å²) in [5, 5.41) is 18.5. The van der Waals surface area contributed by atoms with Crippen LogP contribution in [0.15, 0.2) is 0 Å². The summed E-state index contributed by atoms with van der Waals surface area (Å²) >= 11 is 0. The maximum atomic E-state index is 12.4. The van der Waals surface area contributed by atoms with Gasteiger partial charge >= 0.3 is 7.60 Å². The summed E-state index contributed by atoms with van der Waals surface area (Å²) in [4.78, 5) is 10.2. The first kappa shape index (κ1) is 47.0. The van der Waals surface area contributed by atoms with Gasteiger partial charge in [0, 0.05) is 13.2 Å². The third-order valence-electron chi connectivity index (χ3n) is 9.22. The molecule has 3 N–H and O–H groups in total. The Morgan fingerprint density at radius 3 is 1.28 bits per heavy atom. The first-order chi connectivity index (χ1) is 22.9. The first-order valence-electron chi connectivity index (χ1n) is 20.4. The van der Waals surface area contributed by atoms with Gasteiger partial charge in [0.25, 0.3) is 0 Å². The minimum Gasteiger partial charge on any atom is -0.394 e.